The number of nitrogens with one attached hydrogen (secondary N) is 2. The van der Waals surface area contributed by atoms with Gasteiger partial charge >= 0.3 is 0 Å². The van der Waals surface area contributed by atoms with E-state index in [0.717, 1.165) is 5.39 Å². The number of aromatic amines is 1. The lowest BCUT2D eigenvalue weighted by Crippen LogP contribution is -2.27. The molecule has 28 heavy (non-hydrogen) atoms. The monoisotopic (exact) mass is 422 g/mol. The first kappa shape index (κ1) is 20.2. The molecular formula is C19H19ClN2O5S. The maximum absolute atomic E-state index is 12.4. The van der Waals surface area contributed by atoms with E-state index in [9.17, 15) is 13.2 Å². The molecule has 148 valence electrons. The van der Waals surface area contributed by atoms with Gasteiger partial charge in [-0.1, -0.05) is 11.6 Å². The van der Waals surface area contributed by atoms with E-state index in [1.54, 1.807) is 30.3 Å². The summed E-state index contributed by atoms with van der Waals surface area (Å²) in [7, 11) is -0.668. The van der Waals surface area contributed by atoms with Crippen molar-refractivity contribution < 1.29 is 17.9 Å². The molecule has 0 aliphatic carbocycles. The van der Waals surface area contributed by atoms with Crippen molar-refractivity contribution in [3.05, 3.63) is 63.4 Å². The van der Waals surface area contributed by atoms with Gasteiger partial charge in [-0.25, -0.2) is 13.1 Å². The molecule has 7 nitrogen and oxygen atoms in total. The van der Waals surface area contributed by atoms with Gasteiger partial charge in [0.05, 0.1) is 29.7 Å². The number of fused-ring (bicyclic) bond motifs is 1. The highest BCUT2D eigenvalue weighted by Crippen LogP contribution is 2.28. The Bertz CT molecular complexity index is 1160. The van der Waals surface area contributed by atoms with Gasteiger partial charge in [0.25, 0.3) is 5.56 Å². The maximum Gasteiger partial charge on any atom is 0.251 e. The number of sulfonamides is 1. The SMILES string of the molecule is COc1ccc(S(=O)(=O)NCCc2cc3cc(OC)c(Cl)cc3[nH]c2=O)cc1. The van der Waals surface area contributed by atoms with Crippen LogP contribution in [0.1, 0.15) is 5.56 Å². The highest BCUT2D eigenvalue weighted by molar-refractivity contribution is 7.89. The topological polar surface area (TPSA) is 97.5 Å². The Morgan fingerprint density at radius 3 is 2.43 bits per heavy atom. The summed E-state index contributed by atoms with van der Waals surface area (Å²) in [5, 5.41) is 1.14. The molecule has 0 saturated heterocycles. The molecule has 9 heteroatoms. The van der Waals surface area contributed by atoms with Gasteiger partial charge in [0.1, 0.15) is 11.5 Å². The Hall–Kier alpha value is -2.55. The molecule has 0 amide bonds. The highest BCUT2D eigenvalue weighted by Gasteiger charge is 2.14. The Balaban J connectivity index is 1.76. The minimum Gasteiger partial charge on any atom is -0.497 e. The van der Waals surface area contributed by atoms with E-state index in [0.29, 0.717) is 27.6 Å². The van der Waals surface area contributed by atoms with Crippen LogP contribution in [0.3, 0.4) is 0 Å². The molecule has 0 radical (unpaired) electrons. The Kier molecular flexibility index (Phi) is 5.93. The summed E-state index contributed by atoms with van der Waals surface area (Å²) >= 11 is 6.07. The van der Waals surface area contributed by atoms with Gasteiger partial charge in [-0.3, -0.25) is 4.79 Å². The van der Waals surface area contributed by atoms with Gasteiger partial charge in [0.15, 0.2) is 0 Å². The molecule has 0 saturated carbocycles. The minimum absolute atomic E-state index is 0.0771. The standard InChI is InChI=1S/C19H19ClN2O5S/c1-26-14-3-5-15(6-4-14)28(24,25)21-8-7-12-9-13-10-18(27-2)16(20)11-17(13)22-19(12)23/h3-6,9-11,21H,7-8H2,1-2H3,(H,22,23). The van der Waals surface area contributed by atoms with Crippen molar-refractivity contribution in [2.75, 3.05) is 20.8 Å². The van der Waals surface area contributed by atoms with E-state index in [2.05, 4.69) is 9.71 Å². The summed E-state index contributed by atoms with van der Waals surface area (Å²) in [5.74, 6) is 1.06. The normalized spacial score (nSPS) is 11.5. The molecular weight excluding hydrogens is 404 g/mol. The molecule has 3 rings (SSSR count). The van der Waals surface area contributed by atoms with Gasteiger partial charge in [-0.05, 0) is 48.9 Å². The number of rotatable bonds is 7. The van der Waals surface area contributed by atoms with Crippen molar-refractivity contribution in [3.8, 4) is 11.5 Å². The molecule has 2 N–H and O–H groups in total. The summed E-state index contributed by atoms with van der Waals surface area (Å²) in [5.41, 5.74) is 0.741. The van der Waals surface area contributed by atoms with Gasteiger partial charge in [0.2, 0.25) is 10.0 Å². The van der Waals surface area contributed by atoms with Crippen LogP contribution in [0, 0.1) is 0 Å². The number of aromatic nitrogens is 1. The summed E-state index contributed by atoms with van der Waals surface area (Å²) in [6.07, 6.45) is 0.228. The number of methoxy groups -OCH3 is 2. The van der Waals surface area contributed by atoms with E-state index in [4.69, 9.17) is 21.1 Å². The number of pyridine rings is 1. The zero-order valence-corrected chi connectivity index (χ0v) is 16.9. The lowest BCUT2D eigenvalue weighted by Gasteiger charge is -2.09. The molecule has 0 fully saturated rings. The molecule has 0 bridgehead atoms. The van der Waals surface area contributed by atoms with Crippen LogP contribution in [0.2, 0.25) is 5.02 Å². The summed E-state index contributed by atoms with van der Waals surface area (Å²) < 4.78 is 37.5. The van der Waals surface area contributed by atoms with Crippen molar-refractivity contribution in [1.82, 2.24) is 9.71 Å². The zero-order chi connectivity index (χ0) is 20.3. The Labute approximate surface area is 167 Å². The fourth-order valence-electron chi connectivity index (χ4n) is 2.75. The predicted octanol–water partition coefficient (Wildman–Crippen LogP) is 2.72. The third kappa shape index (κ3) is 4.30. The first-order chi connectivity index (χ1) is 13.3. The average molecular weight is 423 g/mol. The van der Waals surface area contributed by atoms with Crippen LogP contribution in [0.15, 0.2) is 52.2 Å². The zero-order valence-electron chi connectivity index (χ0n) is 15.3. The molecule has 1 heterocycles. The number of hydrogen-bond donors (Lipinski definition) is 2. The van der Waals surface area contributed by atoms with Crippen LogP contribution >= 0.6 is 11.6 Å². The van der Waals surface area contributed by atoms with Crippen molar-refractivity contribution in [2.24, 2.45) is 0 Å². The molecule has 2 aromatic carbocycles. The molecule has 0 aliphatic heterocycles. The molecule has 0 atom stereocenters. The van der Waals surface area contributed by atoms with Crippen LogP contribution in [0.5, 0.6) is 11.5 Å². The van der Waals surface area contributed by atoms with Crippen LogP contribution in [-0.2, 0) is 16.4 Å². The second-order valence-corrected chi connectivity index (χ2v) is 8.20. The molecule has 1 aromatic heterocycles. The van der Waals surface area contributed by atoms with Crippen molar-refractivity contribution in [1.29, 1.82) is 0 Å². The van der Waals surface area contributed by atoms with E-state index < -0.39 is 10.0 Å². The average Bonchev–Trinajstić information content (AvgIpc) is 2.68. The number of hydrogen-bond acceptors (Lipinski definition) is 5. The molecule has 0 aliphatic rings. The summed E-state index contributed by atoms with van der Waals surface area (Å²) in [6, 6.07) is 11.1. The third-order valence-corrected chi connectivity index (χ3v) is 6.02. The molecule has 3 aromatic rings. The smallest absolute Gasteiger partial charge is 0.251 e. The van der Waals surface area contributed by atoms with Gasteiger partial charge in [-0.2, -0.15) is 0 Å². The first-order valence-corrected chi connectivity index (χ1v) is 10.2. The van der Waals surface area contributed by atoms with Crippen LogP contribution < -0.4 is 19.8 Å². The van der Waals surface area contributed by atoms with Crippen molar-refractivity contribution >= 4 is 32.5 Å². The van der Waals surface area contributed by atoms with Crippen molar-refractivity contribution in [3.63, 3.8) is 0 Å². The third-order valence-electron chi connectivity index (χ3n) is 4.25. The first-order valence-electron chi connectivity index (χ1n) is 8.37. The second-order valence-electron chi connectivity index (χ2n) is 6.02. The largest absolute Gasteiger partial charge is 0.497 e. The Morgan fingerprint density at radius 1 is 1.07 bits per heavy atom. The predicted molar refractivity (Wildman–Crippen MR) is 108 cm³/mol. The van der Waals surface area contributed by atoms with E-state index in [1.165, 1.54) is 26.4 Å². The highest BCUT2D eigenvalue weighted by atomic mass is 35.5. The number of halogens is 1. The molecule has 0 unspecified atom stereocenters. The summed E-state index contributed by atoms with van der Waals surface area (Å²) in [6.45, 7) is 0.0771. The fourth-order valence-corrected chi connectivity index (χ4v) is 4.03. The summed E-state index contributed by atoms with van der Waals surface area (Å²) in [4.78, 5) is 15.2. The van der Waals surface area contributed by atoms with Gasteiger partial charge in [0, 0.05) is 17.5 Å². The van der Waals surface area contributed by atoms with Gasteiger partial charge < -0.3 is 14.5 Å². The quantitative estimate of drug-likeness (QED) is 0.610. The number of H-pyrrole nitrogens is 1. The lowest BCUT2D eigenvalue weighted by molar-refractivity contribution is 0.414. The number of ether oxygens (including phenoxy) is 2. The Morgan fingerprint density at radius 2 is 1.79 bits per heavy atom. The lowest BCUT2D eigenvalue weighted by atomic mass is 10.1. The fraction of sp³-hybridized carbons (Fsp3) is 0.211. The minimum atomic E-state index is -3.68. The van der Waals surface area contributed by atoms with Crippen molar-refractivity contribution in [2.45, 2.75) is 11.3 Å². The van der Waals surface area contributed by atoms with E-state index in [-0.39, 0.29) is 23.4 Å². The second kappa shape index (κ2) is 8.22. The maximum atomic E-state index is 12.4. The van der Waals surface area contributed by atoms with E-state index in [1.807, 2.05) is 0 Å². The van der Waals surface area contributed by atoms with Gasteiger partial charge in [-0.15, -0.1) is 0 Å². The van der Waals surface area contributed by atoms with Crippen LogP contribution in [-0.4, -0.2) is 34.2 Å². The van der Waals surface area contributed by atoms with Crippen LogP contribution in [0.25, 0.3) is 10.9 Å². The molecule has 0 spiro atoms. The van der Waals surface area contributed by atoms with Crippen LogP contribution in [0.4, 0.5) is 0 Å². The van der Waals surface area contributed by atoms with E-state index >= 15 is 0 Å². The number of benzene rings is 2.